The summed E-state index contributed by atoms with van der Waals surface area (Å²) in [6, 6.07) is 11.0. The number of fused-ring (bicyclic) bond motifs is 1. The summed E-state index contributed by atoms with van der Waals surface area (Å²) in [5, 5.41) is 2.87. The average Bonchev–Trinajstić information content (AvgIpc) is 3.03. The molecule has 1 N–H and O–H groups in total. The third-order valence-corrected chi connectivity index (χ3v) is 5.80. The molecule has 0 bridgehead atoms. The van der Waals surface area contributed by atoms with Gasteiger partial charge in [0.2, 0.25) is 5.91 Å². The van der Waals surface area contributed by atoms with Gasteiger partial charge >= 0.3 is 0 Å². The van der Waals surface area contributed by atoms with Crippen LogP contribution in [0.25, 0.3) is 0 Å². The van der Waals surface area contributed by atoms with Gasteiger partial charge in [-0.3, -0.25) is 24.1 Å². The molecule has 0 aromatic heterocycles. The van der Waals surface area contributed by atoms with Crippen LogP contribution in [0.1, 0.15) is 50.8 Å². The number of likely N-dealkylation sites (tertiary alicyclic amines) is 1. The Bertz CT molecular complexity index is 1030. The van der Waals surface area contributed by atoms with Gasteiger partial charge in [-0.05, 0) is 50.1 Å². The first kappa shape index (κ1) is 20.7. The van der Waals surface area contributed by atoms with E-state index in [4.69, 9.17) is 0 Å². The molecule has 8 heteroatoms. The molecular formula is C23H22FN3O4. The zero-order chi connectivity index (χ0) is 22.1. The summed E-state index contributed by atoms with van der Waals surface area (Å²) in [5.41, 5.74) is 0.870. The Morgan fingerprint density at radius 2 is 1.61 bits per heavy atom. The van der Waals surface area contributed by atoms with Crippen molar-refractivity contribution >= 4 is 23.6 Å². The monoisotopic (exact) mass is 423 g/mol. The second-order valence-electron chi connectivity index (χ2n) is 7.79. The molecule has 7 nitrogen and oxygen atoms in total. The first-order valence-corrected chi connectivity index (χ1v) is 10.2. The highest BCUT2D eigenvalue weighted by Gasteiger charge is 2.42. The van der Waals surface area contributed by atoms with Crippen LogP contribution in [-0.4, -0.2) is 58.6 Å². The Labute approximate surface area is 178 Å². The van der Waals surface area contributed by atoms with Crippen LogP contribution in [0.15, 0.2) is 48.5 Å². The molecule has 1 fully saturated rings. The second-order valence-corrected chi connectivity index (χ2v) is 7.79. The maximum Gasteiger partial charge on any atom is 0.262 e. The molecule has 0 aliphatic carbocycles. The van der Waals surface area contributed by atoms with Gasteiger partial charge in [0, 0.05) is 24.7 Å². The molecular weight excluding hydrogens is 401 g/mol. The molecule has 1 saturated heterocycles. The summed E-state index contributed by atoms with van der Waals surface area (Å²) < 4.78 is 13.3. The van der Waals surface area contributed by atoms with Gasteiger partial charge in [-0.25, -0.2) is 4.39 Å². The van der Waals surface area contributed by atoms with Crippen molar-refractivity contribution in [2.75, 3.05) is 13.1 Å². The number of piperidine rings is 1. The van der Waals surface area contributed by atoms with Gasteiger partial charge in [-0.1, -0.05) is 18.2 Å². The lowest BCUT2D eigenvalue weighted by Crippen LogP contribution is -2.53. The van der Waals surface area contributed by atoms with E-state index in [9.17, 15) is 23.6 Å². The SMILES string of the molecule is CC(C(=O)N1CCC(NC(=O)c2cccc(F)c2)CC1)N1C(=O)c2ccccc2C1=O. The summed E-state index contributed by atoms with van der Waals surface area (Å²) in [5.74, 6) is -2.05. The Balaban J connectivity index is 1.35. The van der Waals surface area contributed by atoms with Crippen LogP contribution >= 0.6 is 0 Å². The van der Waals surface area contributed by atoms with Gasteiger partial charge in [0.1, 0.15) is 11.9 Å². The quantitative estimate of drug-likeness (QED) is 0.764. The third kappa shape index (κ3) is 3.93. The molecule has 2 aliphatic rings. The average molecular weight is 423 g/mol. The summed E-state index contributed by atoms with van der Waals surface area (Å²) in [4.78, 5) is 53.2. The molecule has 31 heavy (non-hydrogen) atoms. The topological polar surface area (TPSA) is 86.8 Å². The van der Waals surface area contributed by atoms with E-state index in [0.717, 1.165) is 4.90 Å². The van der Waals surface area contributed by atoms with Crippen LogP contribution in [-0.2, 0) is 4.79 Å². The molecule has 2 heterocycles. The van der Waals surface area contributed by atoms with E-state index in [0.29, 0.717) is 37.1 Å². The minimum absolute atomic E-state index is 0.144. The van der Waals surface area contributed by atoms with Gasteiger partial charge in [-0.2, -0.15) is 0 Å². The van der Waals surface area contributed by atoms with E-state index in [1.165, 1.54) is 18.2 Å². The van der Waals surface area contributed by atoms with Gasteiger partial charge in [-0.15, -0.1) is 0 Å². The second kappa shape index (κ2) is 8.29. The number of carbonyl (C=O) groups excluding carboxylic acids is 4. The van der Waals surface area contributed by atoms with Crippen LogP contribution in [0.2, 0.25) is 0 Å². The number of hydrogen-bond donors (Lipinski definition) is 1. The largest absolute Gasteiger partial charge is 0.349 e. The molecule has 4 amide bonds. The first-order valence-electron chi connectivity index (χ1n) is 10.2. The van der Waals surface area contributed by atoms with Crippen LogP contribution in [0.5, 0.6) is 0 Å². The molecule has 0 spiro atoms. The highest BCUT2D eigenvalue weighted by atomic mass is 19.1. The number of rotatable bonds is 4. The molecule has 1 atom stereocenters. The van der Waals surface area contributed by atoms with Gasteiger partial charge in [0.25, 0.3) is 17.7 Å². The molecule has 2 aromatic carbocycles. The fourth-order valence-corrected chi connectivity index (χ4v) is 4.08. The standard InChI is InChI=1S/C23H22FN3O4/c1-14(27-22(30)18-7-2-3-8-19(18)23(27)31)21(29)26-11-9-17(10-12-26)25-20(28)15-5-4-6-16(24)13-15/h2-8,13-14,17H,9-12H2,1H3,(H,25,28). The van der Waals surface area contributed by atoms with Gasteiger partial charge in [0.05, 0.1) is 11.1 Å². The number of amides is 4. The van der Waals surface area contributed by atoms with Crippen molar-refractivity contribution in [1.29, 1.82) is 0 Å². The fraction of sp³-hybridized carbons (Fsp3) is 0.304. The van der Waals surface area contributed by atoms with Gasteiger partial charge < -0.3 is 10.2 Å². The highest BCUT2D eigenvalue weighted by Crippen LogP contribution is 2.25. The molecule has 1 unspecified atom stereocenters. The van der Waals surface area contributed by atoms with Crippen molar-refractivity contribution in [3.05, 3.63) is 71.0 Å². The van der Waals surface area contributed by atoms with Crippen molar-refractivity contribution in [2.24, 2.45) is 0 Å². The Morgan fingerprint density at radius 3 is 2.19 bits per heavy atom. The lowest BCUT2D eigenvalue weighted by atomic mass is 10.0. The zero-order valence-corrected chi connectivity index (χ0v) is 17.0. The molecule has 0 radical (unpaired) electrons. The molecule has 160 valence electrons. The summed E-state index contributed by atoms with van der Waals surface area (Å²) in [7, 11) is 0. The van der Waals surface area contributed by atoms with Crippen LogP contribution in [0.4, 0.5) is 4.39 Å². The van der Waals surface area contributed by atoms with Crippen molar-refractivity contribution < 1.29 is 23.6 Å². The molecule has 0 saturated carbocycles. The minimum Gasteiger partial charge on any atom is -0.349 e. The number of carbonyl (C=O) groups is 4. The molecule has 2 aliphatic heterocycles. The summed E-state index contributed by atoms with van der Waals surface area (Å²) in [6.45, 7) is 2.34. The number of benzene rings is 2. The Morgan fingerprint density at radius 1 is 1.00 bits per heavy atom. The van der Waals surface area contributed by atoms with Crippen LogP contribution in [0, 0.1) is 5.82 Å². The number of hydrogen-bond acceptors (Lipinski definition) is 4. The number of halogens is 1. The lowest BCUT2D eigenvalue weighted by Gasteiger charge is -2.35. The van der Waals surface area contributed by atoms with E-state index < -0.39 is 23.7 Å². The predicted octanol–water partition coefficient (Wildman–Crippen LogP) is 2.23. The number of nitrogens with zero attached hydrogens (tertiary/aromatic N) is 2. The van der Waals surface area contributed by atoms with E-state index in [1.54, 1.807) is 42.2 Å². The number of imide groups is 1. The van der Waals surface area contributed by atoms with Crippen LogP contribution in [0.3, 0.4) is 0 Å². The van der Waals surface area contributed by atoms with Crippen molar-refractivity contribution in [1.82, 2.24) is 15.1 Å². The van der Waals surface area contributed by atoms with Crippen molar-refractivity contribution in [3.63, 3.8) is 0 Å². The predicted molar refractivity (Wildman–Crippen MR) is 110 cm³/mol. The van der Waals surface area contributed by atoms with Crippen LogP contribution < -0.4 is 5.32 Å². The van der Waals surface area contributed by atoms with E-state index >= 15 is 0 Å². The Kier molecular flexibility index (Phi) is 5.54. The zero-order valence-electron chi connectivity index (χ0n) is 17.0. The maximum absolute atomic E-state index is 13.3. The van der Waals surface area contributed by atoms with Crippen molar-refractivity contribution in [2.45, 2.75) is 31.8 Å². The normalized spacial score (nSPS) is 17.5. The first-order chi connectivity index (χ1) is 14.9. The number of nitrogens with one attached hydrogen (secondary N) is 1. The summed E-state index contributed by atoms with van der Waals surface area (Å²) >= 11 is 0. The molecule has 2 aromatic rings. The van der Waals surface area contributed by atoms with Gasteiger partial charge in [0.15, 0.2) is 0 Å². The third-order valence-electron chi connectivity index (χ3n) is 5.80. The Hall–Kier alpha value is -3.55. The maximum atomic E-state index is 13.3. The smallest absolute Gasteiger partial charge is 0.262 e. The van der Waals surface area contributed by atoms with E-state index in [2.05, 4.69) is 5.32 Å². The van der Waals surface area contributed by atoms with E-state index in [-0.39, 0.29) is 23.4 Å². The highest BCUT2D eigenvalue weighted by molar-refractivity contribution is 6.22. The van der Waals surface area contributed by atoms with Crippen molar-refractivity contribution in [3.8, 4) is 0 Å². The molecule has 4 rings (SSSR count). The minimum atomic E-state index is -0.911. The lowest BCUT2D eigenvalue weighted by molar-refractivity contribution is -0.136. The van der Waals surface area contributed by atoms with E-state index in [1.807, 2.05) is 0 Å². The fourth-order valence-electron chi connectivity index (χ4n) is 4.08. The summed E-state index contributed by atoms with van der Waals surface area (Å²) in [6.07, 6.45) is 1.06.